The molecule has 1 heterocycles. The maximum absolute atomic E-state index is 11.1. The van der Waals surface area contributed by atoms with Gasteiger partial charge in [0.2, 0.25) is 0 Å². The van der Waals surface area contributed by atoms with Crippen LogP contribution in [0.5, 0.6) is 0 Å². The number of Topliss-reactive ketones (excluding diaryl/α,β-unsaturated/α-hetero) is 1. The third-order valence-corrected chi connectivity index (χ3v) is 3.15. The topological polar surface area (TPSA) is 29.1 Å². The summed E-state index contributed by atoms with van der Waals surface area (Å²) in [5.74, 6) is 0.301. The van der Waals surface area contributed by atoms with Gasteiger partial charge in [0.25, 0.3) is 0 Å². The Bertz CT molecular complexity index is 344. The summed E-state index contributed by atoms with van der Waals surface area (Å²) in [4.78, 5) is 11.1. The van der Waals surface area contributed by atoms with Gasteiger partial charge in [-0.3, -0.25) is 4.79 Å². The lowest BCUT2D eigenvalue weighted by atomic mass is 10.1. The molecule has 0 radical (unpaired) electrons. The SMILES string of the molecule is C1CCNCC1.O=C1CCc2ccccc21. The Morgan fingerprint density at radius 2 is 1.69 bits per heavy atom. The molecule has 2 aliphatic rings. The highest BCUT2D eigenvalue weighted by molar-refractivity contribution is 6.00. The van der Waals surface area contributed by atoms with Gasteiger partial charge in [-0.05, 0) is 37.9 Å². The van der Waals surface area contributed by atoms with E-state index in [1.165, 1.54) is 37.9 Å². The molecule has 1 aliphatic carbocycles. The number of aryl methyl sites for hydroxylation is 1. The third kappa shape index (κ3) is 2.92. The fourth-order valence-corrected chi connectivity index (χ4v) is 2.19. The minimum Gasteiger partial charge on any atom is -0.317 e. The molecule has 1 aliphatic heterocycles. The summed E-state index contributed by atoms with van der Waals surface area (Å²) < 4.78 is 0. The van der Waals surface area contributed by atoms with E-state index in [1.807, 2.05) is 24.3 Å². The molecule has 0 aromatic heterocycles. The van der Waals surface area contributed by atoms with Crippen molar-refractivity contribution in [2.24, 2.45) is 0 Å². The van der Waals surface area contributed by atoms with Crippen LogP contribution in [0.3, 0.4) is 0 Å². The summed E-state index contributed by atoms with van der Waals surface area (Å²) in [6, 6.07) is 7.84. The highest BCUT2D eigenvalue weighted by Crippen LogP contribution is 2.20. The molecule has 3 rings (SSSR count). The van der Waals surface area contributed by atoms with Gasteiger partial charge in [-0.15, -0.1) is 0 Å². The van der Waals surface area contributed by atoms with Crippen LogP contribution in [0.2, 0.25) is 0 Å². The van der Waals surface area contributed by atoms with Crippen LogP contribution < -0.4 is 5.32 Å². The summed E-state index contributed by atoms with van der Waals surface area (Å²) in [5.41, 5.74) is 2.15. The van der Waals surface area contributed by atoms with Crippen molar-refractivity contribution in [3.63, 3.8) is 0 Å². The van der Waals surface area contributed by atoms with Crippen LogP contribution in [0.4, 0.5) is 0 Å². The fourth-order valence-electron chi connectivity index (χ4n) is 2.19. The number of hydrogen-bond donors (Lipinski definition) is 1. The highest BCUT2D eigenvalue weighted by Gasteiger charge is 2.17. The molecule has 0 bridgehead atoms. The van der Waals surface area contributed by atoms with Crippen molar-refractivity contribution in [2.75, 3.05) is 13.1 Å². The molecule has 0 saturated carbocycles. The first-order valence-corrected chi connectivity index (χ1v) is 6.20. The Morgan fingerprint density at radius 3 is 2.25 bits per heavy atom. The molecule has 2 nitrogen and oxygen atoms in total. The smallest absolute Gasteiger partial charge is 0.163 e. The molecular weight excluding hydrogens is 198 g/mol. The largest absolute Gasteiger partial charge is 0.317 e. The van der Waals surface area contributed by atoms with E-state index in [4.69, 9.17) is 0 Å². The number of hydrogen-bond acceptors (Lipinski definition) is 2. The maximum Gasteiger partial charge on any atom is 0.163 e. The van der Waals surface area contributed by atoms with Crippen molar-refractivity contribution in [1.29, 1.82) is 0 Å². The van der Waals surface area contributed by atoms with Gasteiger partial charge in [0.1, 0.15) is 0 Å². The van der Waals surface area contributed by atoms with Gasteiger partial charge in [-0.1, -0.05) is 30.7 Å². The van der Waals surface area contributed by atoms with Crippen LogP contribution in [0.15, 0.2) is 24.3 Å². The second-order valence-corrected chi connectivity index (χ2v) is 4.39. The summed E-state index contributed by atoms with van der Waals surface area (Å²) in [6.07, 6.45) is 5.86. The van der Waals surface area contributed by atoms with Gasteiger partial charge in [0.15, 0.2) is 5.78 Å². The summed E-state index contributed by atoms with van der Waals surface area (Å²) in [7, 11) is 0. The molecule has 1 saturated heterocycles. The summed E-state index contributed by atoms with van der Waals surface area (Å²) >= 11 is 0. The van der Waals surface area contributed by atoms with Crippen molar-refractivity contribution < 1.29 is 4.79 Å². The van der Waals surface area contributed by atoms with Gasteiger partial charge < -0.3 is 5.32 Å². The van der Waals surface area contributed by atoms with Crippen molar-refractivity contribution >= 4 is 5.78 Å². The number of rotatable bonds is 0. The lowest BCUT2D eigenvalue weighted by molar-refractivity contribution is 0.0994. The maximum atomic E-state index is 11.1. The van der Waals surface area contributed by atoms with E-state index in [9.17, 15) is 4.79 Å². The van der Waals surface area contributed by atoms with Crippen molar-refractivity contribution in [3.05, 3.63) is 35.4 Å². The second kappa shape index (κ2) is 5.80. The molecule has 0 amide bonds. The Balaban J connectivity index is 0.000000138. The lowest BCUT2D eigenvalue weighted by Gasteiger charge is -2.08. The Hall–Kier alpha value is -1.15. The minimum atomic E-state index is 0.301. The van der Waals surface area contributed by atoms with Crippen molar-refractivity contribution in [3.8, 4) is 0 Å². The first-order chi connectivity index (χ1) is 7.88. The van der Waals surface area contributed by atoms with E-state index in [2.05, 4.69) is 5.32 Å². The monoisotopic (exact) mass is 217 g/mol. The predicted molar refractivity (Wildman–Crippen MR) is 65.8 cm³/mol. The van der Waals surface area contributed by atoms with Crippen molar-refractivity contribution in [1.82, 2.24) is 5.32 Å². The average molecular weight is 217 g/mol. The van der Waals surface area contributed by atoms with E-state index < -0.39 is 0 Å². The quantitative estimate of drug-likeness (QED) is 0.723. The molecule has 1 N–H and O–H groups in total. The summed E-state index contributed by atoms with van der Waals surface area (Å²) in [6.45, 7) is 2.50. The molecule has 86 valence electrons. The van der Waals surface area contributed by atoms with E-state index in [1.54, 1.807) is 0 Å². The summed E-state index contributed by atoms with van der Waals surface area (Å²) in [5, 5.41) is 3.28. The van der Waals surface area contributed by atoms with E-state index >= 15 is 0 Å². The lowest BCUT2D eigenvalue weighted by Crippen LogP contribution is -2.21. The second-order valence-electron chi connectivity index (χ2n) is 4.39. The number of fused-ring (bicyclic) bond motifs is 1. The van der Waals surface area contributed by atoms with E-state index in [0.717, 1.165) is 12.0 Å². The zero-order valence-electron chi connectivity index (χ0n) is 9.67. The highest BCUT2D eigenvalue weighted by atomic mass is 16.1. The zero-order chi connectivity index (χ0) is 11.2. The van der Waals surface area contributed by atoms with Crippen LogP contribution in [0.1, 0.15) is 41.6 Å². The van der Waals surface area contributed by atoms with Gasteiger partial charge in [-0.25, -0.2) is 0 Å². The van der Waals surface area contributed by atoms with Crippen LogP contribution in [-0.2, 0) is 6.42 Å². The van der Waals surface area contributed by atoms with E-state index in [-0.39, 0.29) is 0 Å². The van der Waals surface area contributed by atoms with Gasteiger partial charge in [-0.2, -0.15) is 0 Å². The first-order valence-electron chi connectivity index (χ1n) is 6.20. The number of nitrogens with one attached hydrogen (secondary N) is 1. The van der Waals surface area contributed by atoms with Crippen LogP contribution in [0, 0.1) is 0 Å². The Morgan fingerprint density at radius 1 is 0.938 bits per heavy atom. The van der Waals surface area contributed by atoms with Crippen LogP contribution in [0.25, 0.3) is 0 Å². The molecular formula is C14H19NO. The molecule has 0 spiro atoms. The molecule has 0 unspecified atom stereocenters. The molecule has 1 aromatic carbocycles. The van der Waals surface area contributed by atoms with Gasteiger partial charge in [0.05, 0.1) is 0 Å². The van der Waals surface area contributed by atoms with Crippen molar-refractivity contribution in [2.45, 2.75) is 32.1 Å². The predicted octanol–water partition coefficient (Wildman–Crippen LogP) is 2.58. The number of carbonyl (C=O) groups is 1. The number of carbonyl (C=O) groups excluding carboxylic acids is 1. The first kappa shape index (κ1) is 11.3. The van der Waals surface area contributed by atoms with Crippen LogP contribution in [-0.4, -0.2) is 18.9 Å². The molecule has 1 fully saturated rings. The standard InChI is InChI=1S/C9H8O.C5H11N/c10-9-6-5-7-3-1-2-4-8(7)9;1-2-4-6-5-3-1/h1-4H,5-6H2;6H,1-5H2. The molecule has 0 atom stereocenters. The van der Waals surface area contributed by atoms with E-state index in [0.29, 0.717) is 12.2 Å². The number of ketones is 1. The minimum absolute atomic E-state index is 0.301. The van der Waals surface area contributed by atoms with Crippen LogP contribution >= 0.6 is 0 Å². The average Bonchev–Trinajstić information content (AvgIpc) is 2.75. The third-order valence-electron chi connectivity index (χ3n) is 3.15. The Labute approximate surface area is 97.1 Å². The zero-order valence-corrected chi connectivity index (χ0v) is 9.67. The van der Waals surface area contributed by atoms with Gasteiger partial charge in [0, 0.05) is 12.0 Å². The van der Waals surface area contributed by atoms with Gasteiger partial charge >= 0.3 is 0 Å². The molecule has 16 heavy (non-hydrogen) atoms. The molecule has 1 aromatic rings. The number of piperidine rings is 1. The Kier molecular flexibility index (Phi) is 4.11. The number of benzene rings is 1. The fraction of sp³-hybridized carbons (Fsp3) is 0.500. The molecule has 2 heteroatoms. The normalized spacial score (nSPS) is 18.6.